The maximum absolute atomic E-state index is 12.4. The second kappa shape index (κ2) is 6.66. The van der Waals surface area contributed by atoms with E-state index >= 15 is 0 Å². The largest absolute Gasteiger partial charge is 0.478 e. The van der Waals surface area contributed by atoms with E-state index in [2.05, 4.69) is 15.9 Å². The molecule has 0 saturated heterocycles. The summed E-state index contributed by atoms with van der Waals surface area (Å²) in [5, 5.41) is 9.16. The minimum atomic E-state index is -1.23. The number of carboxylic acid groups (broad SMARTS) is 1. The molecule has 0 radical (unpaired) electrons. The number of hydrogen-bond acceptors (Lipinski definition) is 2. The van der Waals surface area contributed by atoms with Crippen molar-refractivity contribution in [3.63, 3.8) is 0 Å². The number of halogens is 1. The fourth-order valence-electron chi connectivity index (χ4n) is 2.52. The molecule has 0 aliphatic heterocycles. The number of carbonyl (C=O) groups is 1. The molecule has 0 bridgehead atoms. The Labute approximate surface area is 124 Å². The van der Waals surface area contributed by atoms with Gasteiger partial charge in [0.05, 0.1) is 21.3 Å². The highest BCUT2D eigenvalue weighted by atomic mass is 79.9. The van der Waals surface area contributed by atoms with Crippen LogP contribution in [0.5, 0.6) is 0 Å². The van der Waals surface area contributed by atoms with E-state index in [9.17, 15) is 9.00 Å². The lowest BCUT2D eigenvalue weighted by Crippen LogP contribution is -2.16. The average Bonchev–Trinajstić information content (AvgIpc) is 2.39. The highest BCUT2D eigenvalue weighted by Gasteiger charge is 2.21. The maximum Gasteiger partial charge on any atom is 0.336 e. The van der Waals surface area contributed by atoms with Gasteiger partial charge in [0.2, 0.25) is 0 Å². The van der Waals surface area contributed by atoms with Crippen LogP contribution in [0, 0.1) is 5.92 Å². The lowest BCUT2D eigenvalue weighted by atomic mass is 9.91. The Morgan fingerprint density at radius 3 is 2.63 bits per heavy atom. The molecule has 2 rings (SSSR count). The third-order valence-electron chi connectivity index (χ3n) is 3.53. The monoisotopic (exact) mass is 344 g/mol. The van der Waals surface area contributed by atoms with Crippen LogP contribution < -0.4 is 0 Å². The maximum atomic E-state index is 12.4. The molecule has 0 amide bonds. The molecule has 1 atom stereocenters. The number of benzene rings is 1. The Kier molecular flexibility index (Phi) is 5.16. The van der Waals surface area contributed by atoms with Gasteiger partial charge in [0.25, 0.3) is 0 Å². The smallest absolute Gasteiger partial charge is 0.336 e. The van der Waals surface area contributed by atoms with E-state index in [1.54, 1.807) is 12.1 Å². The van der Waals surface area contributed by atoms with Gasteiger partial charge in [-0.2, -0.15) is 0 Å². The summed E-state index contributed by atoms with van der Waals surface area (Å²) in [5.41, 5.74) is 0.150. The first-order valence-electron chi connectivity index (χ1n) is 6.49. The van der Waals surface area contributed by atoms with E-state index in [-0.39, 0.29) is 5.56 Å². The summed E-state index contributed by atoms with van der Waals surface area (Å²) in [6, 6.07) is 4.85. The van der Waals surface area contributed by atoms with Crippen LogP contribution in [0.25, 0.3) is 0 Å². The summed E-state index contributed by atoms with van der Waals surface area (Å²) in [5.74, 6) is 0.0335. The summed E-state index contributed by atoms with van der Waals surface area (Å²) < 4.78 is 13.2. The van der Waals surface area contributed by atoms with Crippen LogP contribution in [0.3, 0.4) is 0 Å². The average molecular weight is 345 g/mol. The standard InChI is InChI=1S/C14H17BrO3S/c15-11-6-7-12(14(16)17)13(8-11)19(18)9-10-4-2-1-3-5-10/h6-8,10H,1-5,9H2,(H,16,17). The van der Waals surface area contributed by atoms with Crippen LogP contribution in [0.1, 0.15) is 42.5 Å². The van der Waals surface area contributed by atoms with Gasteiger partial charge in [0.1, 0.15) is 0 Å². The zero-order valence-electron chi connectivity index (χ0n) is 10.6. The Hall–Kier alpha value is -0.680. The van der Waals surface area contributed by atoms with Gasteiger partial charge in [0, 0.05) is 10.2 Å². The first-order valence-corrected chi connectivity index (χ1v) is 8.60. The second-order valence-corrected chi connectivity index (χ2v) is 7.34. The number of rotatable bonds is 4. The van der Waals surface area contributed by atoms with Crippen LogP contribution in [-0.4, -0.2) is 21.0 Å². The fraction of sp³-hybridized carbons (Fsp3) is 0.500. The zero-order valence-corrected chi connectivity index (χ0v) is 13.0. The van der Waals surface area contributed by atoms with E-state index in [1.807, 2.05) is 0 Å². The van der Waals surface area contributed by atoms with Crippen molar-refractivity contribution in [3.8, 4) is 0 Å². The second-order valence-electron chi connectivity index (χ2n) is 4.96. The van der Waals surface area contributed by atoms with E-state index < -0.39 is 16.8 Å². The van der Waals surface area contributed by atoms with E-state index in [0.29, 0.717) is 16.6 Å². The molecule has 0 heterocycles. The number of carboxylic acids is 1. The minimum Gasteiger partial charge on any atom is -0.478 e. The SMILES string of the molecule is O=C(O)c1ccc(Br)cc1S(=O)CC1CCCCC1. The molecule has 1 N–H and O–H groups in total. The molecule has 1 aliphatic rings. The van der Waals surface area contributed by atoms with Gasteiger partial charge in [-0.05, 0) is 37.0 Å². The molecule has 104 valence electrons. The number of hydrogen-bond donors (Lipinski definition) is 1. The Balaban J connectivity index is 2.17. The molecule has 1 saturated carbocycles. The van der Waals surface area contributed by atoms with Crippen molar-refractivity contribution < 1.29 is 14.1 Å². The zero-order chi connectivity index (χ0) is 13.8. The van der Waals surface area contributed by atoms with Crippen molar-refractivity contribution >= 4 is 32.7 Å². The van der Waals surface area contributed by atoms with Crippen LogP contribution >= 0.6 is 15.9 Å². The summed E-state index contributed by atoms with van der Waals surface area (Å²) >= 11 is 3.31. The third-order valence-corrected chi connectivity index (χ3v) is 5.63. The molecule has 3 nitrogen and oxygen atoms in total. The highest BCUT2D eigenvalue weighted by Crippen LogP contribution is 2.27. The van der Waals surface area contributed by atoms with E-state index in [4.69, 9.17) is 5.11 Å². The van der Waals surface area contributed by atoms with E-state index in [0.717, 1.165) is 17.3 Å². The molecule has 1 aromatic rings. The van der Waals surface area contributed by atoms with Crippen molar-refractivity contribution in [2.75, 3.05) is 5.75 Å². The molecule has 1 aromatic carbocycles. The predicted molar refractivity (Wildman–Crippen MR) is 79.0 cm³/mol. The van der Waals surface area contributed by atoms with Crippen molar-refractivity contribution in [2.45, 2.75) is 37.0 Å². The Bertz CT molecular complexity index is 495. The summed E-state index contributed by atoms with van der Waals surface area (Å²) in [6.07, 6.45) is 5.89. The van der Waals surface area contributed by atoms with Crippen LogP contribution in [-0.2, 0) is 10.8 Å². The molecule has 5 heteroatoms. The molecule has 1 aliphatic carbocycles. The van der Waals surface area contributed by atoms with Crippen LogP contribution in [0.15, 0.2) is 27.6 Å². The van der Waals surface area contributed by atoms with E-state index in [1.165, 1.54) is 25.3 Å². The predicted octanol–water partition coefficient (Wildman–Crippen LogP) is 3.84. The van der Waals surface area contributed by atoms with Gasteiger partial charge < -0.3 is 5.11 Å². The molecular weight excluding hydrogens is 328 g/mol. The Morgan fingerprint density at radius 1 is 1.32 bits per heavy atom. The van der Waals surface area contributed by atoms with Gasteiger partial charge in [-0.1, -0.05) is 35.2 Å². The molecule has 19 heavy (non-hydrogen) atoms. The highest BCUT2D eigenvalue weighted by molar-refractivity contribution is 9.10. The first kappa shape index (κ1) is 14.7. The fourth-order valence-corrected chi connectivity index (χ4v) is 4.63. The normalized spacial score (nSPS) is 18.2. The Morgan fingerprint density at radius 2 is 2.00 bits per heavy atom. The van der Waals surface area contributed by atoms with Crippen molar-refractivity contribution in [1.82, 2.24) is 0 Å². The molecule has 0 aromatic heterocycles. The molecule has 1 fully saturated rings. The van der Waals surface area contributed by atoms with Gasteiger partial charge >= 0.3 is 5.97 Å². The first-order chi connectivity index (χ1) is 9.08. The number of aromatic carboxylic acids is 1. The summed E-state index contributed by atoms with van der Waals surface area (Å²) in [7, 11) is -1.23. The third kappa shape index (κ3) is 3.89. The lowest BCUT2D eigenvalue weighted by molar-refractivity contribution is 0.0693. The summed E-state index contributed by atoms with van der Waals surface area (Å²) in [4.78, 5) is 11.6. The van der Waals surface area contributed by atoms with Crippen LogP contribution in [0.2, 0.25) is 0 Å². The van der Waals surface area contributed by atoms with Crippen LogP contribution in [0.4, 0.5) is 0 Å². The topological polar surface area (TPSA) is 54.4 Å². The molecule has 1 unspecified atom stereocenters. The van der Waals surface area contributed by atoms with Gasteiger partial charge in [-0.3, -0.25) is 4.21 Å². The molecule has 0 spiro atoms. The van der Waals surface area contributed by atoms with Crippen molar-refractivity contribution in [1.29, 1.82) is 0 Å². The minimum absolute atomic E-state index is 0.150. The van der Waals surface area contributed by atoms with Gasteiger partial charge in [-0.15, -0.1) is 0 Å². The van der Waals surface area contributed by atoms with Crippen molar-refractivity contribution in [2.24, 2.45) is 5.92 Å². The summed E-state index contributed by atoms with van der Waals surface area (Å²) in [6.45, 7) is 0. The molecular formula is C14H17BrO3S. The lowest BCUT2D eigenvalue weighted by Gasteiger charge is -2.21. The van der Waals surface area contributed by atoms with Gasteiger partial charge in [-0.25, -0.2) is 4.79 Å². The van der Waals surface area contributed by atoms with Crippen molar-refractivity contribution in [3.05, 3.63) is 28.2 Å². The van der Waals surface area contributed by atoms with Gasteiger partial charge in [0.15, 0.2) is 0 Å². The quantitative estimate of drug-likeness (QED) is 0.902.